The van der Waals surface area contributed by atoms with Crippen molar-refractivity contribution >= 4 is 0 Å². The van der Waals surface area contributed by atoms with Gasteiger partial charge in [-0.15, -0.1) is 0 Å². The van der Waals surface area contributed by atoms with Gasteiger partial charge in [-0.3, -0.25) is 0 Å². The molecule has 0 amide bonds. The molecule has 0 fully saturated rings. The van der Waals surface area contributed by atoms with Gasteiger partial charge in [0.1, 0.15) is 0 Å². The van der Waals surface area contributed by atoms with Gasteiger partial charge >= 0.3 is 0 Å². The fourth-order valence-electron chi connectivity index (χ4n) is 1.34. The first-order valence-electron chi connectivity index (χ1n) is 4.18. The van der Waals surface area contributed by atoms with Crippen LogP contribution in [0.5, 0.6) is 0 Å². The minimum absolute atomic E-state index is 0.647. The molecule has 60 valence electrons. The SMILES string of the molecule is Cc1cc(C)cc(C(C)C)c1. The molecule has 0 nitrogen and oxygen atoms in total. The van der Waals surface area contributed by atoms with Gasteiger partial charge in [-0.25, -0.2) is 0 Å². The van der Waals surface area contributed by atoms with E-state index in [-0.39, 0.29) is 0 Å². The molecule has 0 aliphatic heterocycles. The summed E-state index contributed by atoms with van der Waals surface area (Å²) in [6.07, 6.45) is 0. The molecule has 0 bridgehead atoms. The van der Waals surface area contributed by atoms with Crippen LogP contribution in [0.4, 0.5) is 0 Å². The van der Waals surface area contributed by atoms with Crippen LogP contribution in [0, 0.1) is 13.8 Å². The van der Waals surface area contributed by atoms with Crippen molar-refractivity contribution in [3.63, 3.8) is 0 Å². The smallest absolute Gasteiger partial charge is 0.0219 e. The van der Waals surface area contributed by atoms with Gasteiger partial charge in [-0.2, -0.15) is 0 Å². The highest BCUT2D eigenvalue weighted by atomic mass is 14.0. The Labute approximate surface area is 69.3 Å². The molecular weight excluding hydrogens is 132 g/mol. The van der Waals surface area contributed by atoms with Crippen LogP contribution in [-0.4, -0.2) is 0 Å². The van der Waals surface area contributed by atoms with Gasteiger partial charge in [-0.05, 0) is 25.3 Å². The van der Waals surface area contributed by atoms with Crippen LogP contribution in [0.2, 0.25) is 0 Å². The molecule has 0 heteroatoms. The van der Waals surface area contributed by atoms with E-state index < -0.39 is 0 Å². The summed E-state index contributed by atoms with van der Waals surface area (Å²) >= 11 is 0. The predicted octanol–water partition coefficient (Wildman–Crippen LogP) is 3.43. The van der Waals surface area contributed by atoms with Gasteiger partial charge in [-0.1, -0.05) is 43.2 Å². The van der Waals surface area contributed by atoms with Gasteiger partial charge in [0, 0.05) is 0 Å². The third-order valence-corrected chi connectivity index (χ3v) is 1.91. The summed E-state index contributed by atoms with van der Waals surface area (Å²) in [6, 6.07) is 6.74. The lowest BCUT2D eigenvalue weighted by atomic mass is 9.99. The number of benzene rings is 1. The second-order valence-electron chi connectivity index (χ2n) is 3.58. The highest BCUT2D eigenvalue weighted by Gasteiger charge is 1.99. The molecule has 0 unspecified atom stereocenters. The molecule has 0 aromatic heterocycles. The maximum Gasteiger partial charge on any atom is -0.0219 e. The number of hydrogen-bond donors (Lipinski definition) is 0. The van der Waals surface area contributed by atoms with E-state index in [9.17, 15) is 0 Å². The van der Waals surface area contributed by atoms with Crippen molar-refractivity contribution in [2.75, 3.05) is 0 Å². The Morgan fingerprint density at radius 3 is 1.73 bits per heavy atom. The van der Waals surface area contributed by atoms with Crippen molar-refractivity contribution in [2.45, 2.75) is 33.6 Å². The van der Waals surface area contributed by atoms with Crippen LogP contribution in [0.3, 0.4) is 0 Å². The zero-order chi connectivity index (χ0) is 8.43. The van der Waals surface area contributed by atoms with Gasteiger partial charge in [0.15, 0.2) is 0 Å². The first-order valence-corrected chi connectivity index (χ1v) is 4.18. The largest absolute Gasteiger partial charge is 0.0587 e. The second-order valence-corrected chi connectivity index (χ2v) is 3.58. The molecule has 0 aliphatic rings. The lowest BCUT2D eigenvalue weighted by molar-refractivity contribution is 0.863. The summed E-state index contributed by atoms with van der Waals surface area (Å²) < 4.78 is 0. The van der Waals surface area contributed by atoms with Crippen molar-refractivity contribution in [1.29, 1.82) is 0 Å². The molecule has 0 N–H and O–H groups in total. The Bertz CT molecular complexity index is 226. The summed E-state index contributed by atoms with van der Waals surface area (Å²) in [7, 11) is 0. The molecule has 0 aliphatic carbocycles. The van der Waals surface area contributed by atoms with Crippen molar-refractivity contribution in [3.8, 4) is 0 Å². The molecule has 0 atom stereocenters. The van der Waals surface area contributed by atoms with Crippen molar-refractivity contribution in [2.24, 2.45) is 0 Å². The molecule has 0 heterocycles. The Morgan fingerprint density at radius 1 is 0.909 bits per heavy atom. The van der Waals surface area contributed by atoms with Gasteiger partial charge in [0.2, 0.25) is 0 Å². The quantitative estimate of drug-likeness (QED) is 0.572. The van der Waals surface area contributed by atoms with Gasteiger partial charge < -0.3 is 0 Å². The van der Waals surface area contributed by atoms with E-state index in [0.717, 1.165) is 0 Å². The summed E-state index contributed by atoms with van der Waals surface area (Å²) in [5, 5.41) is 0. The normalized spacial score (nSPS) is 10.6. The van der Waals surface area contributed by atoms with E-state index in [0.29, 0.717) is 5.92 Å². The summed E-state index contributed by atoms with van der Waals surface area (Å²) in [4.78, 5) is 0. The molecule has 1 aromatic rings. The van der Waals surface area contributed by atoms with E-state index in [2.05, 4.69) is 45.9 Å². The zero-order valence-electron chi connectivity index (χ0n) is 7.81. The Hall–Kier alpha value is -0.780. The number of rotatable bonds is 1. The summed E-state index contributed by atoms with van der Waals surface area (Å²) in [6.45, 7) is 8.76. The average molecular weight is 148 g/mol. The zero-order valence-corrected chi connectivity index (χ0v) is 7.81. The van der Waals surface area contributed by atoms with Crippen LogP contribution >= 0.6 is 0 Å². The molecule has 1 aromatic carbocycles. The van der Waals surface area contributed by atoms with Gasteiger partial charge in [0.05, 0.1) is 0 Å². The fourth-order valence-corrected chi connectivity index (χ4v) is 1.34. The van der Waals surface area contributed by atoms with Gasteiger partial charge in [0.25, 0.3) is 0 Å². The lowest BCUT2D eigenvalue weighted by Gasteiger charge is -2.07. The van der Waals surface area contributed by atoms with E-state index >= 15 is 0 Å². The highest BCUT2D eigenvalue weighted by Crippen LogP contribution is 2.17. The van der Waals surface area contributed by atoms with E-state index in [4.69, 9.17) is 0 Å². The van der Waals surface area contributed by atoms with Crippen LogP contribution < -0.4 is 0 Å². The first-order chi connectivity index (χ1) is 5.09. The Morgan fingerprint density at radius 2 is 1.36 bits per heavy atom. The average Bonchev–Trinajstić information content (AvgIpc) is 1.85. The Kier molecular flexibility index (Phi) is 2.33. The minimum Gasteiger partial charge on any atom is -0.0587 e. The van der Waals surface area contributed by atoms with Crippen LogP contribution in [0.1, 0.15) is 36.5 Å². The van der Waals surface area contributed by atoms with Crippen LogP contribution in [0.15, 0.2) is 18.2 Å². The summed E-state index contributed by atoms with van der Waals surface area (Å²) in [5.74, 6) is 0.647. The molecule has 11 heavy (non-hydrogen) atoms. The standard InChI is InChI=1S/C11H16/c1-8(2)11-6-9(3)5-10(4)7-11/h5-8H,1-4H3. The minimum atomic E-state index is 0.647. The van der Waals surface area contributed by atoms with Crippen LogP contribution in [0.25, 0.3) is 0 Å². The third-order valence-electron chi connectivity index (χ3n) is 1.91. The molecule has 0 saturated carbocycles. The monoisotopic (exact) mass is 148 g/mol. The predicted molar refractivity (Wildman–Crippen MR) is 50.0 cm³/mol. The maximum absolute atomic E-state index is 2.26. The molecule has 1 rings (SSSR count). The second kappa shape index (κ2) is 3.08. The molecule has 0 spiro atoms. The van der Waals surface area contributed by atoms with Crippen molar-refractivity contribution in [1.82, 2.24) is 0 Å². The van der Waals surface area contributed by atoms with Crippen molar-refractivity contribution < 1.29 is 0 Å². The fraction of sp³-hybridized carbons (Fsp3) is 0.455. The lowest BCUT2D eigenvalue weighted by Crippen LogP contribution is -1.89. The molecular formula is C11H16. The maximum atomic E-state index is 2.26. The number of hydrogen-bond acceptors (Lipinski definition) is 0. The number of aryl methyl sites for hydroxylation is 2. The molecule has 0 saturated heterocycles. The van der Waals surface area contributed by atoms with E-state index in [1.807, 2.05) is 0 Å². The summed E-state index contributed by atoms with van der Waals surface area (Å²) in [5.41, 5.74) is 4.19. The highest BCUT2D eigenvalue weighted by molar-refractivity contribution is 5.30. The molecule has 0 radical (unpaired) electrons. The van der Waals surface area contributed by atoms with Crippen molar-refractivity contribution in [3.05, 3.63) is 34.9 Å². The first kappa shape index (κ1) is 8.32. The third kappa shape index (κ3) is 2.07. The topological polar surface area (TPSA) is 0 Å². The van der Waals surface area contributed by atoms with Crippen LogP contribution in [-0.2, 0) is 0 Å². The van der Waals surface area contributed by atoms with E-state index in [1.54, 1.807) is 0 Å². The Balaban J connectivity index is 3.08. The van der Waals surface area contributed by atoms with E-state index in [1.165, 1.54) is 16.7 Å².